The van der Waals surface area contributed by atoms with Gasteiger partial charge < -0.3 is 4.74 Å². The predicted octanol–water partition coefficient (Wildman–Crippen LogP) is 10.3. The van der Waals surface area contributed by atoms with Gasteiger partial charge in [-0.1, -0.05) is 140 Å². The zero-order valence-corrected chi connectivity index (χ0v) is 24.8. The number of hydrogen-bond acceptors (Lipinski definition) is 1. The Bertz CT molecular complexity index is 1670. The number of rotatable bonds is 6. The first-order valence-corrected chi connectivity index (χ1v) is 14.6. The monoisotopic (exact) mass is 584 g/mol. The van der Waals surface area contributed by atoms with Crippen LogP contribution in [0.2, 0.25) is 0 Å². The topological polar surface area (TPSA) is 9.23 Å². The number of benzene rings is 5. The van der Waals surface area contributed by atoms with Crippen LogP contribution >= 0.6 is 15.9 Å². The highest BCUT2D eigenvalue weighted by atomic mass is 79.9. The van der Waals surface area contributed by atoms with Crippen molar-refractivity contribution in [1.29, 1.82) is 0 Å². The molecule has 5 aromatic carbocycles. The van der Waals surface area contributed by atoms with E-state index in [2.05, 4.69) is 159 Å². The molecule has 1 nitrogen and oxygen atoms in total. The quantitative estimate of drug-likeness (QED) is 0.189. The second-order valence-electron chi connectivity index (χ2n) is 11.6. The molecule has 0 N–H and O–H groups in total. The highest BCUT2D eigenvalue weighted by Gasteiger charge is 2.46. The first kappa shape index (κ1) is 26.3. The number of ether oxygens (including phenoxy) is 1. The van der Waals surface area contributed by atoms with Gasteiger partial charge in [-0.3, -0.25) is 0 Å². The molecule has 2 heteroatoms. The smallest absolute Gasteiger partial charge is 0.119 e. The minimum absolute atomic E-state index is 0.0885. The van der Waals surface area contributed by atoms with Crippen molar-refractivity contribution in [3.8, 4) is 16.9 Å². The van der Waals surface area contributed by atoms with Crippen LogP contribution in [0.25, 0.3) is 17.2 Å². The van der Waals surface area contributed by atoms with Crippen molar-refractivity contribution in [3.63, 3.8) is 0 Å². The van der Waals surface area contributed by atoms with Crippen LogP contribution in [0.15, 0.2) is 126 Å². The predicted molar refractivity (Wildman–Crippen MR) is 171 cm³/mol. The molecule has 0 aromatic heterocycles. The van der Waals surface area contributed by atoms with Gasteiger partial charge in [-0.2, -0.15) is 0 Å². The molecule has 0 saturated carbocycles. The van der Waals surface area contributed by atoms with E-state index in [4.69, 9.17) is 4.74 Å². The summed E-state index contributed by atoms with van der Waals surface area (Å²) in [4.78, 5) is 0. The van der Waals surface area contributed by atoms with Crippen LogP contribution in [0.5, 0.6) is 5.75 Å². The maximum Gasteiger partial charge on any atom is 0.119 e. The van der Waals surface area contributed by atoms with Gasteiger partial charge in [-0.15, -0.1) is 0 Å². The summed E-state index contributed by atoms with van der Waals surface area (Å²) in [6, 6.07) is 41.8. The largest absolute Gasteiger partial charge is 0.489 e. The van der Waals surface area contributed by atoms with Gasteiger partial charge in [0.1, 0.15) is 12.4 Å². The summed E-state index contributed by atoms with van der Waals surface area (Å²) in [7, 11) is 0. The van der Waals surface area contributed by atoms with E-state index < -0.39 is 5.41 Å². The van der Waals surface area contributed by atoms with E-state index in [0.29, 0.717) is 6.61 Å². The van der Waals surface area contributed by atoms with Crippen LogP contribution in [0, 0.1) is 0 Å². The molecular weight excluding hydrogens is 552 g/mol. The summed E-state index contributed by atoms with van der Waals surface area (Å²) in [5, 5.41) is 0. The molecule has 1 unspecified atom stereocenters. The van der Waals surface area contributed by atoms with Gasteiger partial charge in [0.15, 0.2) is 0 Å². The summed E-state index contributed by atoms with van der Waals surface area (Å²) in [5.41, 5.74) is 10.9. The Morgan fingerprint density at radius 1 is 0.725 bits per heavy atom. The average molecular weight is 586 g/mol. The molecule has 1 aliphatic carbocycles. The third kappa shape index (κ3) is 4.51. The van der Waals surface area contributed by atoms with Crippen molar-refractivity contribution in [2.45, 2.75) is 38.2 Å². The van der Waals surface area contributed by atoms with Crippen molar-refractivity contribution in [1.82, 2.24) is 0 Å². The Morgan fingerprint density at radius 3 is 2.00 bits per heavy atom. The van der Waals surface area contributed by atoms with Crippen LogP contribution in [-0.4, -0.2) is 0 Å². The molecule has 0 bridgehead atoms. The molecule has 0 fully saturated rings. The van der Waals surface area contributed by atoms with E-state index in [0.717, 1.165) is 21.3 Å². The van der Waals surface area contributed by atoms with Crippen LogP contribution in [0.4, 0.5) is 0 Å². The lowest BCUT2D eigenvalue weighted by atomic mass is 9.67. The van der Waals surface area contributed by atoms with E-state index in [1.165, 1.54) is 38.9 Å². The van der Waals surface area contributed by atoms with Crippen LogP contribution < -0.4 is 4.74 Å². The Kier molecular flexibility index (Phi) is 6.76. The fraction of sp³-hybridized carbons (Fsp3) is 0.158. The normalized spacial score (nSPS) is 15.8. The first-order chi connectivity index (χ1) is 19.3. The van der Waals surface area contributed by atoms with Crippen molar-refractivity contribution in [3.05, 3.63) is 165 Å². The van der Waals surface area contributed by atoms with Gasteiger partial charge in [0.05, 0.1) is 5.41 Å². The second-order valence-corrected chi connectivity index (χ2v) is 12.5. The van der Waals surface area contributed by atoms with E-state index in [1.54, 1.807) is 0 Å². The van der Waals surface area contributed by atoms with E-state index >= 15 is 0 Å². The second kappa shape index (κ2) is 10.3. The van der Waals surface area contributed by atoms with E-state index in [-0.39, 0.29) is 5.41 Å². The summed E-state index contributed by atoms with van der Waals surface area (Å²) >= 11 is 3.78. The van der Waals surface area contributed by atoms with Crippen LogP contribution in [0.3, 0.4) is 0 Å². The summed E-state index contributed by atoms with van der Waals surface area (Å²) in [6.07, 6.45) is 1.85. The molecule has 0 radical (unpaired) electrons. The standard InChI is InChI=1S/C38H33BrO/c1-5-26-10-12-27(13-11-26)25-40-32-21-18-30(19-22-32)38(29-16-14-28(15-17-29)37(2,3)4)35-9-7-6-8-33(35)34-23-20-31(39)24-36(34)38/h5-24H,1,25H2,2-4H3. The molecule has 40 heavy (non-hydrogen) atoms. The molecule has 0 spiro atoms. The third-order valence-corrected chi connectivity index (χ3v) is 8.59. The number of hydrogen-bond donors (Lipinski definition) is 0. The lowest BCUT2D eigenvalue weighted by Crippen LogP contribution is -2.28. The number of halogens is 1. The maximum absolute atomic E-state index is 6.20. The number of fused-ring (bicyclic) bond motifs is 3. The fourth-order valence-corrected chi connectivity index (χ4v) is 6.34. The summed E-state index contributed by atoms with van der Waals surface area (Å²) < 4.78 is 7.28. The molecule has 1 atom stereocenters. The molecular formula is C38H33BrO. The molecule has 0 aliphatic heterocycles. The van der Waals surface area contributed by atoms with Gasteiger partial charge in [0.25, 0.3) is 0 Å². The van der Waals surface area contributed by atoms with E-state index in [1.807, 2.05) is 6.08 Å². The van der Waals surface area contributed by atoms with Gasteiger partial charge in [-0.25, -0.2) is 0 Å². The highest BCUT2D eigenvalue weighted by Crippen LogP contribution is 2.56. The Labute approximate surface area is 246 Å². The molecule has 1 aliphatic rings. The Balaban J connectivity index is 1.46. The van der Waals surface area contributed by atoms with Gasteiger partial charge in [0.2, 0.25) is 0 Å². The van der Waals surface area contributed by atoms with Crippen molar-refractivity contribution in [2.24, 2.45) is 0 Å². The minimum atomic E-state index is -0.439. The summed E-state index contributed by atoms with van der Waals surface area (Å²) in [6.45, 7) is 11.2. The lowest BCUT2D eigenvalue weighted by Gasteiger charge is -2.34. The van der Waals surface area contributed by atoms with Gasteiger partial charge >= 0.3 is 0 Å². The van der Waals surface area contributed by atoms with Crippen molar-refractivity contribution < 1.29 is 4.74 Å². The van der Waals surface area contributed by atoms with Gasteiger partial charge in [0, 0.05) is 4.47 Å². The first-order valence-electron chi connectivity index (χ1n) is 13.8. The molecule has 6 rings (SSSR count). The maximum atomic E-state index is 6.20. The Morgan fingerprint density at radius 2 is 1.35 bits per heavy atom. The molecule has 198 valence electrons. The van der Waals surface area contributed by atoms with Crippen molar-refractivity contribution in [2.75, 3.05) is 0 Å². The van der Waals surface area contributed by atoms with E-state index in [9.17, 15) is 0 Å². The Hall–Kier alpha value is -3.88. The highest BCUT2D eigenvalue weighted by molar-refractivity contribution is 9.10. The zero-order chi connectivity index (χ0) is 27.9. The molecule has 0 heterocycles. The minimum Gasteiger partial charge on any atom is -0.489 e. The fourth-order valence-electron chi connectivity index (χ4n) is 5.98. The molecule has 0 saturated heterocycles. The molecule has 0 amide bonds. The third-order valence-electron chi connectivity index (χ3n) is 8.10. The van der Waals surface area contributed by atoms with Crippen LogP contribution in [-0.2, 0) is 17.4 Å². The van der Waals surface area contributed by atoms with Crippen molar-refractivity contribution >= 4 is 22.0 Å². The van der Waals surface area contributed by atoms with Crippen LogP contribution in [0.1, 0.15) is 59.7 Å². The average Bonchev–Trinajstić information content (AvgIpc) is 3.26. The van der Waals surface area contributed by atoms with Gasteiger partial charge in [-0.05, 0) is 79.8 Å². The SMILES string of the molecule is C=Cc1ccc(COc2ccc(C3(c4ccc(C(C)(C)C)cc4)c4ccccc4-c4ccc(Br)cc43)cc2)cc1. The molecule has 5 aromatic rings. The lowest BCUT2D eigenvalue weighted by molar-refractivity contribution is 0.306. The zero-order valence-electron chi connectivity index (χ0n) is 23.2. The summed E-state index contributed by atoms with van der Waals surface area (Å²) in [5.74, 6) is 0.857.